The molecule has 3 aliphatic carbocycles. The first kappa shape index (κ1) is 19.9. The summed E-state index contributed by atoms with van der Waals surface area (Å²) in [7, 11) is 0. The molecule has 0 aromatic rings. The molecular weight excluding hydrogens is 328 g/mol. The van der Waals surface area contributed by atoms with Crippen LogP contribution in [0.5, 0.6) is 0 Å². The second-order valence-corrected chi connectivity index (χ2v) is 10.4. The van der Waals surface area contributed by atoms with Crippen molar-refractivity contribution in [2.45, 2.75) is 91.0 Å². The maximum absolute atomic E-state index is 11.6. The van der Waals surface area contributed by atoms with Gasteiger partial charge in [0.25, 0.3) is 0 Å². The summed E-state index contributed by atoms with van der Waals surface area (Å²) in [6, 6.07) is 0. The first-order chi connectivity index (χ1) is 11.9. The van der Waals surface area contributed by atoms with Crippen molar-refractivity contribution in [3.05, 3.63) is 12.7 Å². The number of hydrogen-bond acceptors (Lipinski definition) is 4. The highest BCUT2D eigenvalue weighted by molar-refractivity contribution is 5.66. The fourth-order valence-corrected chi connectivity index (χ4v) is 6.90. The van der Waals surface area contributed by atoms with Crippen molar-refractivity contribution in [3.63, 3.8) is 0 Å². The van der Waals surface area contributed by atoms with Crippen LogP contribution in [0.15, 0.2) is 12.7 Å². The molecule has 0 bridgehead atoms. The van der Waals surface area contributed by atoms with Crippen molar-refractivity contribution in [1.29, 1.82) is 0 Å². The maximum Gasteiger partial charge on any atom is 0.302 e. The molecule has 3 saturated carbocycles. The van der Waals surface area contributed by atoms with E-state index in [0.29, 0.717) is 12.8 Å². The van der Waals surface area contributed by atoms with E-state index in [-0.39, 0.29) is 40.2 Å². The van der Waals surface area contributed by atoms with Gasteiger partial charge in [0, 0.05) is 12.3 Å². The highest BCUT2D eigenvalue weighted by Gasteiger charge is 2.66. The summed E-state index contributed by atoms with van der Waals surface area (Å²) < 4.78 is 5.65. The number of aliphatic hydroxyl groups is 2. The van der Waals surface area contributed by atoms with Crippen LogP contribution in [0, 0.1) is 28.1 Å². The van der Waals surface area contributed by atoms with Crippen molar-refractivity contribution in [2.75, 3.05) is 0 Å². The number of allylic oxidation sites excluding steroid dienone is 1. The molecule has 0 aliphatic heterocycles. The fraction of sp³-hybridized carbons (Fsp3) is 0.864. The van der Waals surface area contributed by atoms with Crippen LogP contribution in [0.3, 0.4) is 0 Å². The number of hydrogen-bond donors (Lipinski definition) is 2. The molecule has 3 fully saturated rings. The van der Waals surface area contributed by atoms with E-state index in [1.165, 1.54) is 6.92 Å². The summed E-state index contributed by atoms with van der Waals surface area (Å²) >= 11 is 0. The van der Waals surface area contributed by atoms with Gasteiger partial charge in [-0.3, -0.25) is 4.79 Å². The Morgan fingerprint density at radius 2 is 1.81 bits per heavy atom. The van der Waals surface area contributed by atoms with Gasteiger partial charge in [0.05, 0.1) is 11.7 Å². The Morgan fingerprint density at radius 1 is 1.15 bits per heavy atom. The second-order valence-electron chi connectivity index (χ2n) is 10.4. The van der Waals surface area contributed by atoms with Crippen molar-refractivity contribution in [2.24, 2.45) is 28.1 Å². The number of ether oxygens (including phenoxy) is 1. The van der Waals surface area contributed by atoms with Crippen molar-refractivity contribution >= 4 is 5.97 Å². The van der Waals surface area contributed by atoms with Gasteiger partial charge in [0.2, 0.25) is 0 Å². The molecule has 0 heterocycles. The van der Waals surface area contributed by atoms with E-state index < -0.39 is 11.7 Å². The summed E-state index contributed by atoms with van der Waals surface area (Å²) in [6.45, 7) is 14.2. The Hall–Kier alpha value is -0.870. The quantitative estimate of drug-likeness (QED) is 0.577. The molecule has 148 valence electrons. The van der Waals surface area contributed by atoms with Gasteiger partial charge < -0.3 is 14.9 Å². The number of carbonyl (C=O) groups is 1. The summed E-state index contributed by atoms with van der Waals surface area (Å²) in [4.78, 5) is 11.6. The third-order valence-electron chi connectivity index (χ3n) is 8.40. The van der Waals surface area contributed by atoms with E-state index in [1.54, 1.807) is 0 Å². The fourth-order valence-electron chi connectivity index (χ4n) is 6.90. The molecule has 0 unspecified atom stereocenters. The van der Waals surface area contributed by atoms with Gasteiger partial charge in [-0.2, -0.15) is 0 Å². The topological polar surface area (TPSA) is 66.8 Å². The zero-order valence-electron chi connectivity index (χ0n) is 17.0. The number of aliphatic hydroxyl groups excluding tert-OH is 1. The molecular formula is C22H36O4. The average molecular weight is 365 g/mol. The Bertz CT molecular complexity index is 599. The molecule has 2 N–H and O–H groups in total. The van der Waals surface area contributed by atoms with E-state index in [1.807, 2.05) is 6.08 Å². The molecule has 0 aromatic heterocycles. The summed E-state index contributed by atoms with van der Waals surface area (Å²) in [6.07, 6.45) is 5.84. The molecule has 7 atom stereocenters. The molecule has 4 nitrogen and oxygen atoms in total. The third-order valence-corrected chi connectivity index (χ3v) is 8.40. The standard InChI is InChI=1S/C22H36O4/c1-7-20(5)10-8-15-21(6)11-9-18(26-14(2)23)19(3,4)16(21)12-17(24)22(15,25)13-20/h7,15-18,24-25H,1,8-13H2,2-6H3/t15-,16-,17+,18+,20+,21-,22-/m1/s1. The van der Waals surface area contributed by atoms with E-state index in [0.717, 1.165) is 25.7 Å². The second kappa shape index (κ2) is 6.07. The van der Waals surface area contributed by atoms with Gasteiger partial charge in [-0.15, -0.1) is 6.58 Å². The van der Waals surface area contributed by atoms with Crippen LogP contribution in [0.2, 0.25) is 0 Å². The predicted molar refractivity (Wildman–Crippen MR) is 101 cm³/mol. The summed E-state index contributed by atoms with van der Waals surface area (Å²) in [5.41, 5.74) is -1.46. The first-order valence-corrected chi connectivity index (χ1v) is 10.1. The van der Waals surface area contributed by atoms with Gasteiger partial charge in [-0.05, 0) is 61.2 Å². The van der Waals surface area contributed by atoms with Crippen LogP contribution in [0.25, 0.3) is 0 Å². The minimum absolute atomic E-state index is 0.0589. The number of rotatable bonds is 2. The SMILES string of the molecule is C=C[C@@]1(C)CC[C@@H]2[C@@]3(C)CC[C@H](OC(C)=O)C(C)(C)[C@H]3C[C@H](O)[C@@]2(O)C1. The van der Waals surface area contributed by atoms with Crippen molar-refractivity contribution < 1.29 is 19.7 Å². The molecule has 4 heteroatoms. The summed E-state index contributed by atoms with van der Waals surface area (Å²) in [5.74, 6) is 0.0368. The molecule has 0 spiro atoms. The lowest BCUT2D eigenvalue weighted by atomic mass is 9.41. The molecule has 3 rings (SSSR count). The predicted octanol–water partition coefficient (Wildman–Crippen LogP) is 3.85. The largest absolute Gasteiger partial charge is 0.462 e. The Balaban J connectivity index is 1.97. The van der Waals surface area contributed by atoms with E-state index in [4.69, 9.17) is 4.74 Å². The normalized spacial score (nSPS) is 50.3. The van der Waals surface area contributed by atoms with E-state index in [2.05, 4.69) is 34.3 Å². The lowest BCUT2D eigenvalue weighted by Gasteiger charge is -2.66. The molecule has 0 radical (unpaired) electrons. The molecule has 0 amide bonds. The zero-order chi connectivity index (χ0) is 19.5. The van der Waals surface area contributed by atoms with Gasteiger partial charge in [-0.25, -0.2) is 0 Å². The molecule has 3 aliphatic rings. The lowest BCUT2D eigenvalue weighted by Crippen LogP contribution is -2.68. The Morgan fingerprint density at radius 3 is 2.38 bits per heavy atom. The van der Waals surface area contributed by atoms with Crippen LogP contribution in [0.1, 0.15) is 73.1 Å². The minimum atomic E-state index is -1.06. The van der Waals surface area contributed by atoms with Gasteiger partial charge in [0.15, 0.2) is 0 Å². The number of esters is 1. The molecule has 0 saturated heterocycles. The van der Waals surface area contributed by atoms with Crippen molar-refractivity contribution in [3.8, 4) is 0 Å². The van der Waals surface area contributed by atoms with Crippen LogP contribution in [-0.4, -0.2) is 34.0 Å². The maximum atomic E-state index is 11.6. The van der Waals surface area contributed by atoms with Gasteiger partial charge in [0.1, 0.15) is 6.10 Å². The smallest absolute Gasteiger partial charge is 0.302 e. The van der Waals surface area contributed by atoms with Crippen LogP contribution in [-0.2, 0) is 9.53 Å². The first-order valence-electron chi connectivity index (χ1n) is 10.1. The third kappa shape index (κ3) is 2.75. The molecule has 0 aromatic carbocycles. The number of fused-ring (bicyclic) bond motifs is 3. The van der Waals surface area contributed by atoms with Crippen LogP contribution in [0.4, 0.5) is 0 Å². The lowest BCUT2D eigenvalue weighted by molar-refractivity contribution is -0.264. The minimum Gasteiger partial charge on any atom is -0.462 e. The number of carbonyl (C=O) groups excluding carboxylic acids is 1. The Kier molecular flexibility index (Phi) is 4.64. The summed E-state index contributed by atoms with van der Waals surface area (Å²) in [5, 5.41) is 22.7. The molecule has 26 heavy (non-hydrogen) atoms. The van der Waals surface area contributed by atoms with Gasteiger partial charge >= 0.3 is 5.97 Å². The van der Waals surface area contributed by atoms with Crippen LogP contribution >= 0.6 is 0 Å². The van der Waals surface area contributed by atoms with Crippen LogP contribution < -0.4 is 0 Å². The monoisotopic (exact) mass is 364 g/mol. The zero-order valence-corrected chi connectivity index (χ0v) is 17.0. The average Bonchev–Trinajstić information content (AvgIpc) is 2.53. The highest BCUT2D eigenvalue weighted by Crippen LogP contribution is 2.66. The van der Waals surface area contributed by atoms with Crippen molar-refractivity contribution in [1.82, 2.24) is 0 Å². The highest BCUT2D eigenvalue weighted by atomic mass is 16.5. The van der Waals surface area contributed by atoms with E-state index >= 15 is 0 Å². The Labute approximate surface area is 158 Å². The van der Waals surface area contributed by atoms with E-state index in [9.17, 15) is 15.0 Å². The van der Waals surface area contributed by atoms with Gasteiger partial charge in [-0.1, -0.05) is 33.8 Å².